The van der Waals surface area contributed by atoms with Gasteiger partial charge in [0.25, 0.3) is 0 Å². The molecule has 2 N–H and O–H groups in total. The number of carbonyl (C=O) groups excluding carboxylic acids is 1. The number of hydrogen-bond acceptors (Lipinski definition) is 3. The minimum Gasteiger partial charge on any atom is -0.353 e. The number of hydrogen-bond donors (Lipinski definition) is 2. The Balaban J connectivity index is 1.45. The van der Waals surface area contributed by atoms with Crippen LogP contribution in [0.2, 0.25) is 0 Å². The van der Waals surface area contributed by atoms with E-state index < -0.39 is 0 Å². The van der Waals surface area contributed by atoms with E-state index in [2.05, 4.69) is 22.4 Å². The van der Waals surface area contributed by atoms with Gasteiger partial charge in [-0.15, -0.1) is 0 Å². The van der Waals surface area contributed by atoms with Crippen molar-refractivity contribution in [2.75, 3.05) is 24.6 Å². The van der Waals surface area contributed by atoms with Gasteiger partial charge in [0.2, 0.25) is 5.91 Å². The van der Waals surface area contributed by atoms with E-state index in [9.17, 15) is 4.79 Å². The smallest absolute Gasteiger partial charge is 0.221 e. The van der Waals surface area contributed by atoms with E-state index in [1.54, 1.807) is 0 Å². The summed E-state index contributed by atoms with van der Waals surface area (Å²) in [5.41, 5.74) is 0. The molecule has 1 heterocycles. The summed E-state index contributed by atoms with van der Waals surface area (Å²) in [5, 5.41) is 6.42. The van der Waals surface area contributed by atoms with Crippen LogP contribution in [0.3, 0.4) is 0 Å². The Hall–Kier alpha value is -0.220. The van der Waals surface area contributed by atoms with Crippen LogP contribution < -0.4 is 10.6 Å². The van der Waals surface area contributed by atoms with Crippen LogP contribution in [0.5, 0.6) is 0 Å². The van der Waals surface area contributed by atoms with Crippen LogP contribution in [0.15, 0.2) is 0 Å². The minimum absolute atomic E-state index is 0.217. The summed E-state index contributed by atoms with van der Waals surface area (Å²) in [5.74, 6) is 3.69. The van der Waals surface area contributed by atoms with Crippen molar-refractivity contribution in [2.45, 2.75) is 38.1 Å². The summed E-state index contributed by atoms with van der Waals surface area (Å²) in [7, 11) is 0. The maximum Gasteiger partial charge on any atom is 0.221 e. The van der Waals surface area contributed by atoms with E-state index in [0.29, 0.717) is 12.5 Å². The number of carbonyl (C=O) groups is 1. The highest BCUT2D eigenvalue weighted by atomic mass is 32.2. The fourth-order valence-electron chi connectivity index (χ4n) is 1.99. The van der Waals surface area contributed by atoms with E-state index >= 15 is 0 Å². The molecule has 1 saturated carbocycles. The molecule has 0 radical (unpaired) electrons. The zero-order chi connectivity index (χ0) is 11.2. The first-order valence-electron chi connectivity index (χ1n) is 6.42. The molecule has 1 aliphatic heterocycles. The second-order valence-electron chi connectivity index (χ2n) is 4.85. The van der Waals surface area contributed by atoms with Crippen LogP contribution in [0.4, 0.5) is 0 Å². The molecule has 0 atom stereocenters. The van der Waals surface area contributed by atoms with Gasteiger partial charge in [-0.1, -0.05) is 0 Å². The molecule has 1 saturated heterocycles. The van der Waals surface area contributed by atoms with E-state index in [1.807, 2.05) is 0 Å². The molecule has 3 nitrogen and oxygen atoms in total. The average Bonchev–Trinajstić information content (AvgIpc) is 3.10. The summed E-state index contributed by atoms with van der Waals surface area (Å²) in [6.45, 7) is 1.93. The molecule has 1 aliphatic carbocycles. The lowest BCUT2D eigenvalue weighted by Gasteiger charge is -2.21. The van der Waals surface area contributed by atoms with Crippen molar-refractivity contribution in [3.8, 4) is 0 Å². The predicted molar refractivity (Wildman–Crippen MR) is 68.7 cm³/mol. The van der Waals surface area contributed by atoms with Crippen molar-refractivity contribution < 1.29 is 4.79 Å². The van der Waals surface area contributed by atoms with Crippen LogP contribution in [0, 0.1) is 5.92 Å². The fourth-order valence-corrected chi connectivity index (χ4v) is 3.19. The van der Waals surface area contributed by atoms with Gasteiger partial charge >= 0.3 is 0 Å². The third kappa shape index (κ3) is 4.74. The zero-order valence-corrected chi connectivity index (χ0v) is 10.7. The minimum atomic E-state index is 0.217. The maximum atomic E-state index is 11.4. The molecule has 2 aliphatic rings. The Morgan fingerprint density at radius 3 is 2.62 bits per heavy atom. The largest absolute Gasteiger partial charge is 0.353 e. The molecule has 0 spiro atoms. The Bertz CT molecular complexity index is 225. The van der Waals surface area contributed by atoms with Crippen LogP contribution in [0.25, 0.3) is 0 Å². The monoisotopic (exact) mass is 242 g/mol. The molecule has 2 fully saturated rings. The van der Waals surface area contributed by atoms with Gasteiger partial charge in [0.05, 0.1) is 0 Å². The maximum absolute atomic E-state index is 11.4. The lowest BCUT2D eigenvalue weighted by atomic mass is 10.0. The van der Waals surface area contributed by atoms with Gasteiger partial charge in [0, 0.05) is 19.0 Å². The molecular formula is C12H22N2OS. The Kier molecular flexibility index (Phi) is 4.97. The topological polar surface area (TPSA) is 41.1 Å². The molecule has 0 bridgehead atoms. The molecule has 0 unspecified atom stereocenters. The van der Waals surface area contributed by atoms with Gasteiger partial charge in [0.15, 0.2) is 0 Å². The van der Waals surface area contributed by atoms with Gasteiger partial charge in [-0.05, 0) is 49.7 Å². The summed E-state index contributed by atoms with van der Waals surface area (Å²) < 4.78 is 0. The van der Waals surface area contributed by atoms with Crippen LogP contribution in [-0.4, -0.2) is 36.5 Å². The van der Waals surface area contributed by atoms with Crippen molar-refractivity contribution in [1.29, 1.82) is 0 Å². The molecular weight excluding hydrogens is 220 g/mol. The molecule has 0 aromatic heterocycles. The van der Waals surface area contributed by atoms with Gasteiger partial charge in [0.1, 0.15) is 0 Å². The second kappa shape index (κ2) is 6.50. The molecule has 0 aromatic rings. The van der Waals surface area contributed by atoms with E-state index in [-0.39, 0.29) is 5.91 Å². The van der Waals surface area contributed by atoms with Crippen molar-refractivity contribution >= 4 is 17.7 Å². The van der Waals surface area contributed by atoms with Crippen LogP contribution >= 0.6 is 11.8 Å². The van der Waals surface area contributed by atoms with Crippen LogP contribution in [-0.2, 0) is 4.79 Å². The predicted octanol–water partition coefficient (Wildman–Crippen LogP) is 1.39. The van der Waals surface area contributed by atoms with Crippen molar-refractivity contribution in [1.82, 2.24) is 10.6 Å². The van der Waals surface area contributed by atoms with Gasteiger partial charge < -0.3 is 10.6 Å². The first-order valence-corrected chi connectivity index (χ1v) is 7.58. The van der Waals surface area contributed by atoms with Crippen molar-refractivity contribution in [3.05, 3.63) is 0 Å². The second-order valence-corrected chi connectivity index (χ2v) is 6.08. The number of thioether (sulfide) groups is 1. The fraction of sp³-hybridized carbons (Fsp3) is 0.917. The normalized spacial score (nSPS) is 22.0. The lowest BCUT2D eigenvalue weighted by Crippen LogP contribution is -2.31. The molecule has 4 heteroatoms. The summed E-state index contributed by atoms with van der Waals surface area (Å²) >= 11 is 2.06. The highest BCUT2D eigenvalue weighted by molar-refractivity contribution is 7.99. The molecule has 1 amide bonds. The highest BCUT2D eigenvalue weighted by Crippen LogP contribution is 2.21. The van der Waals surface area contributed by atoms with Gasteiger partial charge in [-0.3, -0.25) is 4.79 Å². The van der Waals surface area contributed by atoms with Crippen LogP contribution in [0.1, 0.15) is 32.1 Å². The van der Waals surface area contributed by atoms with E-state index in [1.165, 1.54) is 37.2 Å². The molecule has 0 aromatic carbocycles. The Labute approximate surface area is 102 Å². The Morgan fingerprint density at radius 1 is 1.19 bits per heavy atom. The van der Waals surface area contributed by atoms with E-state index in [0.717, 1.165) is 19.0 Å². The van der Waals surface area contributed by atoms with Gasteiger partial charge in [-0.25, -0.2) is 0 Å². The average molecular weight is 242 g/mol. The third-order valence-corrected chi connectivity index (χ3v) is 4.29. The Morgan fingerprint density at radius 2 is 1.94 bits per heavy atom. The SMILES string of the molecule is O=C(CCNCC1CCSCC1)NC1CC1. The van der Waals surface area contributed by atoms with Crippen molar-refractivity contribution in [2.24, 2.45) is 5.92 Å². The first-order chi connectivity index (χ1) is 7.84. The number of nitrogens with one attached hydrogen (secondary N) is 2. The summed E-state index contributed by atoms with van der Waals surface area (Å²) in [6.07, 6.45) is 5.67. The molecule has 16 heavy (non-hydrogen) atoms. The third-order valence-electron chi connectivity index (χ3n) is 3.25. The lowest BCUT2D eigenvalue weighted by molar-refractivity contribution is -0.121. The quantitative estimate of drug-likeness (QED) is 0.692. The standard InChI is InChI=1S/C12H22N2OS/c15-12(14-11-1-2-11)3-6-13-9-10-4-7-16-8-5-10/h10-11,13H,1-9H2,(H,14,15). The number of amides is 1. The summed E-state index contributed by atoms with van der Waals surface area (Å²) in [4.78, 5) is 11.4. The van der Waals surface area contributed by atoms with Gasteiger partial charge in [-0.2, -0.15) is 11.8 Å². The van der Waals surface area contributed by atoms with E-state index in [4.69, 9.17) is 0 Å². The molecule has 2 rings (SSSR count). The number of rotatable bonds is 6. The highest BCUT2D eigenvalue weighted by Gasteiger charge is 2.22. The zero-order valence-electron chi connectivity index (χ0n) is 9.84. The summed E-state index contributed by atoms with van der Waals surface area (Å²) in [6, 6.07) is 0.503. The first kappa shape index (κ1) is 12.2. The molecule has 92 valence electrons. The van der Waals surface area contributed by atoms with Crippen molar-refractivity contribution in [3.63, 3.8) is 0 Å².